The molecule has 1 aromatic heterocycles. The number of nitrogens with one attached hydrogen (secondary N) is 1. The fraction of sp³-hybridized carbons (Fsp3) is 0.400. The second kappa shape index (κ2) is 4.48. The predicted molar refractivity (Wildman–Crippen MR) is 74.3 cm³/mol. The first-order valence-corrected chi connectivity index (χ1v) is 6.66. The molecule has 3 nitrogen and oxygen atoms in total. The summed E-state index contributed by atoms with van der Waals surface area (Å²) < 4.78 is 2.12. The van der Waals surface area contributed by atoms with Crippen LogP contribution >= 0.6 is 0 Å². The predicted octanol–water partition coefficient (Wildman–Crippen LogP) is 3.18. The topological polar surface area (TPSA) is 29.9 Å². The third-order valence-corrected chi connectivity index (χ3v) is 3.42. The van der Waals surface area contributed by atoms with E-state index in [-0.39, 0.29) is 0 Å². The Hall–Kier alpha value is -1.77. The van der Waals surface area contributed by atoms with E-state index in [2.05, 4.69) is 46.9 Å². The zero-order valence-corrected chi connectivity index (χ0v) is 11.0. The van der Waals surface area contributed by atoms with E-state index in [1.807, 2.05) is 12.4 Å². The third kappa shape index (κ3) is 2.01. The Morgan fingerprint density at radius 2 is 2.06 bits per heavy atom. The minimum atomic E-state index is 0.389. The number of hydrogen-bond acceptors (Lipinski definition) is 2. The van der Waals surface area contributed by atoms with E-state index in [9.17, 15) is 0 Å². The van der Waals surface area contributed by atoms with Crippen molar-refractivity contribution in [3.63, 3.8) is 0 Å². The van der Waals surface area contributed by atoms with Crippen LogP contribution in [0, 0.1) is 0 Å². The van der Waals surface area contributed by atoms with Gasteiger partial charge in [-0.1, -0.05) is 6.07 Å². The van der Waals surface area contributed by atoms with Gasteiger partial charge in [0, 0.05) is 24.1 Å². The van der Waals surface area contributed by atoms with Gasteiger partial charge in [0.15, 0.2) is 0 Å². The normalized spacial score (nSPS) is 13.9. The lowest BCUT2D eigenvalue weighted by molar-refractivity contribution is 0.863. The molecule has 0 spiro atoms. The Bertz CT molecular complexity index is 555. The Kier molecular flexibility index (Phi) is 2.82. The lowest BCUT2D eigenvalue weighted by Gasteiger charge is -2.13. The summed E-state index contributed by atoms with van der Waals surface area (Å²) in [6.07, 6.45) is 7.60. The molecule has 3 rings (SSSR count). The van der Waals surface area contributed by atoms with Crippen molar-refractivity contribution in [2.75, 3.05) is 5.32 Å². The van der Waals surface area contributed by atoms with Crippen molar-refractivity contribution in [2.45, 2.75) is 39.2 Å². The first-order valence-electron chi connectivity index (χ1n) is 6.66. The number of hydrogen-bond donors (Lipinski definition) is 1. The van der Waals surface area contributed by atoms with Gasteiger partial charge in [0.25, 0.3) is 0 Å². The van der Waals surface area contributed by atoms with Crippen LogP contribution in [0.5, 0.6) is 0 Å². The SMILES string of the molecule is CC(C)Nc1nccn1-c1ccc2c(c1)CCC2. The summed E-state index contributed by atoms with van der Waals surface area (Å²) in [6.45, 7) is 4.25. The number of aromatic nitrogens is 2. The fourth-order valence-corrected chi connectivity index (χ4v) is 2.58. The Morgan fingerprint density at radius 3 is 2.89 bits per heavy atom. The fourth-order valence-electron chi connectivity index (χ4n) is 2.58. The van der Waals surface area contributed by atoms with Crippen LogP contribution in [0.3, 0.4) is 0 Å². The van der Waals surface area contributed by atoms with Gasteiger partial charge in [-0.15, -0.1) is 0 Å². The summed E-state index contributed by atoms with van der Waals surface area (Å²) in [6, 6.07) is 7.14. The molecule has 0 amide bonds. The van der Waals surface area contributed by atoms with E-state index in [1.165, 1.54) is 36.1 Å². The van der Waals surface area contributed by atoms with E-state index >= 15 is 0 Å². The van der Waals surface area contributed by atoms with Crippen LogP contribution in [-0.2, 0) is 12.8 Å². The van der Waals surface area contributed by atoms with Crippen LogP contribution in [0.1, 0.15) is 31.4 Å². The van der Waals surface area contributed by atoms with Gasteiger partial charge in [0.2, 0.25) is 5.95 Å². The van der Waals surface area contributed by atoms with Crippen LogP contribution in [0.15, 0.2) is 30.6 Å². The number of imidazole rings is 1. The molecule has 1 heterocycles. The molecule has 3 heteroatoms. The maximum absolute atomic E-state index is 4.38. The standard InChI is InChI=1S/C15H19N3/c1-11(2)17-15-16-8-9-18(15)14-7-6-12-4-3-5-13(12)10-14/h6-11H,3-5H2,1-2H3,(H,16,17). The van der Waals surface area contributed by atoms with Crippen molar-refractivity contribution in [2.24, 2.45) is 0 Å². The molecule has 94 valence electrons. The van der Waals surface area contributed by atoms with E-state index in [1.54, 1.807) is 0 Å². The van der Waals surface area contributed by atoms with Crippen molar-refractivity contribution < 1.29 is 0 Å². The molecule has 1 aliphatic rings. The first-order chi connectivity index (χ1) is 8.74. The molecule has 0 unspecified atom stereocenters. The van der Waals surface area contributed by atoms with Crippen LogP contribution < -0.4 is 5.32 Å². The highest BCUT2D eigenvalue weighted by molar-refractivity contribution is 5.47. The highest BCUT2D eigenvalue weighted by atomic mass is 15.2. The first kappa shape index (κ1) is 11.3. The molecule has 1 aliphatic carbocycles. The highest BCUT2D eigenvalue weighted by Gasteiger charge is 2.12. The minimum Gasteiger partial charge on any atom is -0.353 e. The maximum Gasteiger partial charge on any atom is 0.207 e. The van der Waals surface area contributed by atoms with Gasteiger partial charge in [-0.3, -0.25) is 4.57 Å². The van der Waals surface area contributed by atoms with Crippen molar-refractivity contribution in [1.82, 2.24) is 9.55 Å². The van der Waals surface area contributed by atoms with Crippen molar-refractivity contribution in [1.29, 1.82) is 0 Å². The van der Waals surface area contributed by atoms with Gasteiger partial charge in [-0.05, 0) is 56.4 Å². The number of aryl methyl sites for hydroxylation is 2. The van der Waals surface area contributed by atoms with Crippen LogP contribution in [-0.4, -0.2) is 15.6 Å². The average Bonchev–Trinajstić information content (AvgIpc) is 2.95. The molecule has 0 fully saturated rings. The van der Waals surface area contributed by atoms with E-state index < -0.39 is 0 Å². The van der Waals surface area contributed by atoms with Crippen LogP contribution in [0.25, 0.3) is 5.69 Å². The quantitative estimate of drug-likeness (QED) is 0.894. The Morgan fingerprint density at radius 1 is 1.22 bits per heavy atom. The molecule has 0 aliphatic heterocycles. The highest BCUT2D eigenvalue weighted by Crippen LogP contribution is 2.25. The second-order valence-electron chi connectivity index (χ2n) is 5.23. The van der Waals surface area contributed by atoms with Gasteiger partial charge < -0.3 is 5.32 Å². The van der Waals surface area contributed by atoms with E-state index in [4.69, 9.17) is 0 Å². The summed E-state index contributed by atoms with van der Waals surface area (Å²) in [4.78, 5) is 4.38. The molecule has 0 bridgehead atoms. The molecule has 18 heavy (non-hydrogen) atoms. The average molecular weight is 241 g/mol. The van der Waals surface area contributed by atoms with Crippen LogP contribution in [0.2, 0.25) is 0 Å². The lowest BCUT2D eigenvalue weighted by Crippen LogP contribution is -2.14. The van der Waals surface area contributed by atoms with E-state index in [0.29, 0.717) is 6.04 Å². The van der Waals surface area contributed by atoms with Crippen molar-refractivity contribution >= 4 is 5.95 Å². The summed E-state index contributed by atoms with van der Waals surface area (Å²) in [7, 11) is 0. The zero-order chi connectivity index (χ0) is 12.5. The number of nitrogens with zero attached hydrogens (tertiary/aromatic N) is 2. The third-order valence-electron chi connectivity index (χ3n) is 3.42. The van der Waals surface area contributed by atoms with Gasteiger partial charge in [0.05, 0.1) is 0 Å². The number of rotatable bonds is 3. The largest absolute Gasteiger partial charge is 0.353 e. The summed E-state index contributed by atoms with van der Waals surface area (Å²) >= 11 is 0. The molecular weight excluding hydrogens is 222 g/mol. The van der Waals surface area contributed by atoms with Gasteiger partial charge in [-0.2, -0.15) is 0 Å². The Labute approximate surface area is 108 Å². The maximum atomic E-state index is 4.38. The Balaban J connectivity index is 1.97. The van der Waals surface area contributed by atoms with E-state index in [0.717, 1.165) is 5.95 Å². The molecule has 1 N–H and O–H groups in total. The molecular formula is C15H19N3. The molecule has 0 radical (unpaired) electrons. The number of fused-ring (bicyclic) bond motifs is 1. The second-order valence-corrected chi connectivity index (χ2v) is 5.23. The summed E-state index contributed by atoms with van der Waals surface area (Å²) in [5.74, 6) is 0.919. The summed E-state index contributed by atoms with van der Waals surface area (Å²) in [5.41, 5.74) is 4.21. The zero-order valence-electron chi connectivity index (χ0n) is 11.0. The minimum absolute atomic E-state index is 0.389. The molecule has 2 aromatic rings. The van der Waals surface area contributed by atoms with Crippen molar-refractivity contribution in [3.8, 4) is 5.69 Å². The van der Waals surface area contributed by atoms with Gasteiger partial charge in [0.1, 0.15) is 0 Å². The lowest BCUT2D eigenvalue weighted by atomic mass is 10.1. The van der Waals surface area contributed by atoms with Gasteiger partial charge in [-0.25, -0.2) is 4.98 Å². The smallest absolute Gasteiger partial charge is 0.207 e. The molecule has 0 saturated carbocycles. The number of benzene rings is 1. The summed E-state index contributed by atoms with van der Waals surface area (Å²) in [5, 5.41) is 3.37. The van der Waals surface area contributed by atoms with Crippen molar-refractivity contribution in [3.05, 3.63) is 41.7 Å². The molecule has 1 aromatic carbocycles. The van der Waals surface area contributed by atoms with Gasteiger partial charge >= 0.3 is 0 Å². The monoisotopic (exact) mass is 241 g/mol. The van der Waals surface area contributed by atoms with Crippen LogP contribution in [0.4, 0.5) is 5.95 Å². The molecule has 0 atom stereocenters. The molecule has 0 saturated heterocycles. The number of anilines is 1.